The summed E-state index contributed by atoms with van der Waals surface area (Å²) in [4.78, 5) is 125. The van der Waals surface area contributed by atoms with Crippen molar-refractivity contribution in [2.24, 2.45) is 10.2 Å². The highest BCUT2D eigenvalue weighted by Gasteiger charge is 2.26. The second-order valence-corrected chi connectivity index (χ2v) is 28.5. The van der Waals surface area contributed by atoms with E-state index in [1.165, 1.54) is 56.5 Å². The number of carbonyl (C=O) groups is 8. The van der Waals surface area contributed by atoms with Gasteiger partial charge in [0, 0.05) is 66.2 Å². The number of rotatable bonds is 22. The predicted octanol–water partition coefficient (Wildman–Crippen LogP) is 17.9. The summed E-state index contributed by atoms with van der Waals surface area (Å²) in [5, 5.41) is 45.9. The average Bonchev–Trinajstić information content (AvgIpc) is 1.66. The lowest BCUT2D eigenvalue weighted by Gasteiger charge is -2.09. The summed E-state index contributed by atoms with van der Waals surface area (Å²) in [5.41, 5.74) is 27.0. The van der Waals surface area contributed by atoms with Crippen LogP contribution in [-0.4, -0.2) is 106 Å². The van der Waals surface area contributed by atoms with Crippen molar-refractivity contribution in [2.75, 3.05) is 42.5 Å². The van der Waals surface area contributed by atoms with E-state index in [0.29, 0.717) is 78.5 Å². The van der Waals surface area contributed by atoms with Crippen molar-refractivity contribution in [1.82, 2.24) is 64.0 Å². The Morgan fingerprint density at radius 2 is 0.674 bits per heavy atom. The normalized spacial score (nSPS) is 10.3. The minimum absolute atomic E-state index is 0.00360. The van der Waals surface area contributed by atoms with Crippen LogP contribution in [0.5, 0.6) is 0 Å². The van der Waals surface area contributed by atoms with Crippen molar-refractivity contribution in [2.45, 2.75) is 34.6 Å². The van der Waals surface area contributed by atoms with Crippen LogP contribution < -0.4 is 47.4 Å². The zero-order chi connectivity index (χ0) is 93.2. The molecule has 9 N–H and O–H groups in total. The van der Waals surface area contributed by atoms with Gasteiger partial charge in [0.1, 0.15) is 17.0 Å². The Morgan fingerprint density at radius 1 is 0.333 bits per heavy atom. The molecule has 0 unspecified atom stereocenters. The fourth-order valence-corrected chi connectivity index (χ4v) is 12.6. The Morgan fingerprint density at radius 3 is 1.10 bits per heavy atom. The smallest absolute Gasteiger partial charge is 0.258 e. The van der Waals surface area contributed by atoms with Gasteiger partial charge in [0.15, 0.2) is 10.8 Å². The van der Waals surface area contributed by atoms with E-state index in [2.05, 4.69) is 115 Å². The van der Waals surface area contributed by atoms with Gasteiger partial charge in [-0.25, -0.2) is 4.39 Å². The molecule has 0 atom stereocenters. The number of aromatic nitrogens is 12. The molecule has 35 heteroatoms. The molecule has 0 radical (unpaired) electrons. The molecule has 0 spiro atoms. The SMILES string of the molecule is C#Cc1ccc(C(=O)Nc2nc(NC(=O)c3ccc(N=[N+]=[N-])cc3)n(-c3ccccc3)n2)cc1.C#Cc1cccc(C(=O)Nc2nc(NC(=O)c3cccc(N=[N+]=N)c3)nn2-c2ccccc2)c1.Cc1ccc(-n2nc(NC(=O)c3ccccc3C)nc2NC(=O)c2ccccc2C)cc1.Cc1ccccc1C(=O)Nc1nc(NC(=O)c2ccccc2C)n(-c2ccccc2F)n1. The van der Waals surface area contributed by atoms with Crippen molar-refractivity contribution >= 4 is 106 Å². The molecular formula is C97H76FN26O8+. The summed E-state index contributed by atoms with van der Waals surface area (Å²) in [5.74, 6) is 1.56. The maximum atomic E-state index is 14.5. The largest absolute Gasteiger partial charge is 0.290 e. The third kappa shape index (κ3) is 23.2. The third-order valence-electron chi connectivity index (χ3n) is 19.3. The molecule has 0 saturated carbocycles. The zero-order valence-electron chi connectivity index (χ0n) is 70.8. The number of amides is 8. The van der Waals surface area contributed by atoms with Crippen LogP contribution in [0.3, 0.4) is 0 Å². The first-order valence-electron chi connectivity index (χ1n) is 40.0. The average molecular weight is 1750 g/mol. The van der Waals surface area contributed by atoms with Crippen LogP contribution in [0.15, 0.2) is 314 Å². The van der Waals surface area contributed by atoms with E-state index in [0.717, 1.165) is 32.5 Å². The molecule has 0 saturated heterocycles. The molecule has 8 amide bonds. The Bertz CT molecular complexity index is 7210. The summed E-state index contributed by atoms with van der Waals surface area (Å²) in [6, 6.07) is 85.8. The summed E-state index contributed by atoms with van der Waals surface area (Å²) in [7, 11) is 0. The number of nitrogens with one attached hydrogen (secondary N) is 9. The van der Waals surface area contributed by atoms with E-state index in [1.54, 1.807) is 152 Å². The standard InChI is InChI=1S/C25H23N5O2.C24H20FN5O2.2C24H16N8O2/c1-16-12-14-19(15-13-16)30-25(27-23(32)21-11-7-5-9-18(21)3)28-24(29-30)26-22(31)20-10-6-4-8-17(20)2;1-15-9-3-5-11-17(15)21(31)26-23-28-24(27-22(32)18-12-6-4-10-16(18)2)30(29-23)20-14-8-7-13-19(20)25;1-2-16-8-6-9-17(14-16)22(34)27-24-28-23(30-32(24)20-12-4-3-5-13-20)26-21(33)18-10-7-11-19(15-18)29-31-25;1-2-16-8-10-17(11-9-16)21(33)26-23-28-24(32(30-23)20-6-4-3-5-7-20)27-22(34)18-12-14-19(15-13-18)29-31-25/h4-15H,1-3H3,(H2,26,27,28,29,31,32);3-14H,1-2H3,(H2,26,27,28,29,31,32);1,3-15,25H,(H-,26,27,28,30,33,34);1,3-15H,(H2,26,27,28,30,33,34)/p+1. The maximum absolute atomic E-state index is 14.5. The molecule has 16 rings (SSSR count). The fourth-order valence-electron chi connectivity index (χ4n) is 12.6. The summed E-state index contributed by atoms with van der Waals surface area (Å²) >= 11 is 0. The minimum Gasteiger partial charge on any atom is -0.290 e. The molecule has 0 aliphatic carbocycles. The van der Waals surface area contributed by atoms with Crippen LogP contribution in [0.2, 0.25) is 0 Å². The van der Waals surface area contributed by atoms with Crippen LogP contribution in [0.1, 0.15) is 122 Å². The van der Waals surface area contributed by atoms with Gasteiger partial charge in [-0.3, -0.25) is 80.9 Å². The van der Waals surface area contributed by atoms with Crippen LogP contribution in [0.25, 0.3) is 33.2 Å². The molecule has 0 bridgehead atoms. The molecule has 132 heavy (non-hydrogen) atoms. The molecule has 4 heterocycles. The van der Waals surface area contributed by atoms with Crippen LogP contribution in [0.4, 0.5) is 63.4 Å². The quantitative estimate of drug-likeness (QED) is 0.0132. The molecule has 648 valence electrons. The number of aryl methyl sites for hydroxylation is 5. The van der Waals surface area contributed by atoms with Crippen molar-refractivity contribution in [3.8, 4) is 47.4 Å². The highest BCUT2D eigenvalue weighted by atomic mass is 19.1. The molecule has 0 aliphatic rings. The second kappa shape index (κ2) is 42.8. The van der Waals surface area contributed by atoms with E-state index in [9.17, 15) is 42.7 Å². The highest BCUT2D eigenvalue weighted by molar-refractivity contribution is 6.09. The third-order valence-corrected chi connectivity index (χ3v) is 19.3. The zero-order valence-corrected chi connectivity index (χ0v) is 70.8. The molecular weight excluding hydrogens is 1680 g/mol. The predicted molar refractivity (Wildman–Crippen MR) is 496 cm³/mol. The fraction of sp³-hybridized carbons (Fsp3) is 0.0515. The Balaban J connectivity index is 0.000000150. The number of benzene rings is 12. The lowest BCUT2D eigenvalue weighted by Crippen LogP contribution is -2.17. The minimum atomic E-state index is -0.555. The molecule has 34 nitrogen and oxygen atoms in total. The van der Waals surface area contributed by atoms with E-state index in [1.807, 2.05) is 144 Å². The van der Waals surface area contributed by atoms with Crippen molar-refractivity contribution < 1.29 is 42.7 Å². The van der Waals surface area contributed by atoms with Crippen LogP contribution >= 0.6 is 0 Å². The van der Waals surface area contributed by atoms with Gasteiger partial charge >= 0.3 is 0 Å². The maximum Gasteiger partial charge on any atom is 0.258 e. The lowest BCUT2D eigenvalue weighted by atomic mass is 10.1. The van der Waals surface area contributed by atoms with Gasteiger partial charge in [0.05, 0.1) is 17.1 Å². The van der Waals surface area contributed by atoms with E-state index in [4.69, 9.17) is 23.9 Å². The first-order valence-corrected chi connectivity index (χ1v) is 40.0. The van der Waals surface area contributed by atoms with Gasteiger partial charge in [-0.1, -0.05) is 180 Å². The number of halogens is 1. The van der Waals surface area contributed by atoms with E-state index >= 15 is 0 Å². The van der Waals surface area contributed by atoms with Crippen molar-refractivity contribution in [3.63, 3.8) is 0 Å². The number of anilines is 8. The molecule has 0 aliphatic heterocycles. The first kappa shape index (κ1) is 90.4. The number of hydrogen-bond donors (Lipinski definition) is 9. The molecule has 12 aromatic carbocycles. The molecule has 16 aromatic rings. The van der Waals surface area contributed by atoms with E-state index in [-0.39, 0.29) is 70.7 Å². The van der Waals surface area contributed by atoms with E-state index < -0.39 is 41.3 Å². The van der Waals surface area contributed by atoms with Crippen molar-refractivity contribution in [3.05, 3.63) is 403 Å². The Labute approximate surface area is 752 Å². The number of nitrogens with zero attached hydrogens (tertiary/aromatic N) is 17. The summed E-state index contributed by atoms with van der Waals surface area (Å²) in [6.07, 6.45) is 10.8. The summed E-state index contributed by atoms with van der Waals surface area (Å²) in [6.45, 7) is 9.34. The van der Waals surface area contributed by atoms with Gasteiger partial charge < -0.3 is 0 Å². The monoisotopic (exact) mass is 1750 g/mol. The Kier molecular flexibility index (Phi) is 29.3. The number of hydrogen-bond acceptors (Lipinski definition) is 19. The first-order chi connectivity index (χ1) is 64.0. The number of terminal acetylenes is 2. The summed E-state index contributed by atoms with van der Waals surface area (Å²) < 4.78 is 19.9. The highest BCUT2D eigenvalue weighted by Crippen LogP contribution is 2.27. The number of carbonyl (C=O) groups excluding carboxylic acids is 8. The molecule has 4 aromatic heterocycles. The second-order valence-electron chi connectivity index (χ2n) is 28.5. The van der Waals surface area contributed by atoms with Gasteiger partial charge in [-0.15, -0.1) is 33.2 Å². The molecule has 0 fully saturated rings. The van der Waals surface area contributed by atoms with Gasteiger partial charge in [0.25, 0.3) is 71.1 Å². The van der Waals surface area contributed by atoms with Crippen molar-refractivity contribution in [1.29, 1.82) is 5.53 Å². The number of para-hydroxylation sites is 3. The van der Waals surface area contributed by atoms with Gasteiger partial charge in [-0.05, 0) is 208 Å². The van der Waals surface area contributed by atoms with Crippen LogP contribution in [-0.2, 0) is 0 Å². The van der Waals surface area contributed by atoms with Gasteiger partial charge in [0.2, 0.25) is 28.7 Å². The Hall–Kier alpha value is -19.4. The van der Waals surface area contributed by atoms with Crippen LogP contribution in [0, 0.1) is 70.7 Å². The number of azide groups is 1. The van der Waals surface area contributed by atoms with Gasteiger partial charge in [-0.2, -0.15) is 38.7 Å². The topological polar surface area (TPSA) is 455 Å². The lowest BCUT2D eigenvalue weighted by molar-refractivity contribution is 0.101.